The Kier molecular flexibility index (Phi) is 5.14. The van der Waals surface area contributed by atoms with Crippen molar-refractivity contribution in [3.8, 4) is 17.2 Å². The van der Waals surface area contributed by atoms with Crippen LogP contribution in [0.2, 0.25) is 0 Å². The van der Waals surface area contributed by atoms with Crippen molar-refractivity contribution in [2.45, 2.75) is 0 Å². The van der Waals surface area contributed by atoms with Crippen LogP contribution in [0, 0.1) is 0 Å². The Labute approximate surface area is 175 Å². The fourth-order valence-corrected chi connectivity index (χ4v) is 2.98. The lowest BCUT2D eigenvalue weighted by Gasteiger charge is -2.20. The number of anilines is 3. The number of nitrogens with zero attached hydrogens (tertiary/aromatic N) is 1. The number of rotatable bonds is 5. The smallest absolute Gasteiger partial charge is 0.262 e. The molecule has 0 spiro atoms. The van der Waals surface area contributed by atoms with Crippen LogP contribution in [0.5, 0.6) is 17.2 Å². The van der Waals surface area contributed by atoms with E-state index < -0.39 is 11.8 Å². The highest BCUT2D eigenvalue weighted by molar-refractivity contribution is 6.10. The maximum Gasteiger partial charge on any atom is 0.262 e. The molecule has 158 valence electrons. The van der Waals surface area contributed by atoms with E-state index >= 15 is 0 Å². The molecule has 5 N–H and O–H groups in total. The minimum Gasteiger partial charge on any atom is -0.503 e. The lowest BCUT2D eigenvalue weighted by molar-refractivity contribution is -0.118. The summed E-state index contributed by atoms with van der Waals surface area (Å²) < 4.78 is 10.5. The molecule has 0 aliphatic carbocycles. The normalized spacial score (nSPS) is 12.2. The van der Waals surface area contributed by atoms with Crippen molar-refractivity contribution < 1.29 is 29.0 Å². The number of aromatic amines is 1. The molecule has 0 atom stereocenters. The number of hydrogen-bond acceptors (Lipinski definition) is 7. The summed E-state index contributed by atoms with van der Waals surface area (Å²) in [4.78, 5) is 36.7. The summed E-state index contributed by atoms with van der Waals surface area (Å²) >= 11 is 0. The molecule has 31 heavy (non-hydrogen) atoms. The number of H-pyrrole nitrogens is 1. The zero-order valence-corrected chi connectivity index (χ0v) is 16.2. The van der Waals surface area contributed by atoms with Gasteiger partial charge in [-0.3, -0.25) is 19.5 Å². The molecule has 1 aromatic heterocycles. The first-order valence-corrected chi connectivity index (χ1v) is 9.05. The summed E-state index contributed by atoms with van der Waals surface area (Å²) in [5, 5.41) is 24.5. The van der Waals surface area contributed by atoms with Crippen LogP contribution >= 0.6 is 0 Å². The predicted octanol–water partition coefficient (Wildman–Crippen LogP) is 1.96. The van der Waals surface area contributed by atoms with Crippen molar-refractivity contribution in [3.05, 3.63) is 53.7 Å². The van der Waals surface area contributed by atoms with Crippen LogP contribution in [0.3, 0.4) is 0 Å². The van der Waals surface area contributed by atoms with Gasteiger partial charge in [0.05, 0.1) is 30.2 Å². The fourth-order valence-electron chi connectivity index (χ4n) is 2.98. The summed E-state index contributed by atoms with van der Waals surface area (Å²) in [6.45, 7) is -0.245. The van der Waals surface area contributed by atoms with Gasteiger partial charge in [-0.05, 0) is 30.3 Å². The topological polar surface area (TPSA) is 155 Å². The molecule has 0 bridgehead atoms. The molecule has 3 amide bonds. The fraction of sp³-hybridized carbons (Fsp3) is 0.100. The van der Waals surface area contributed by atoms with Gasteiger partial charge >= 0.3 is 0 Å². The zero-order chi connectivity index (χ0) is 22.0. The van der Waals surface area contributed by atoms with Gasteiger partial charge in [0.25, 0.3) is 17.7 Å². The predicted molar refractivity (Wildman–Crippen MR) is 110 cm³/mol. The summed E-state index contributed by atoms with van der Waals surface area (Å²) in [7, 11) is 1.41. The van der Waals surface area contributed by atoms with Crippen molar-refractivity contribution in [3.63, 3.8) is 0 Å². The molecular weight excluding hydrogens is 406 g/mol. The van der Waals surface area contributed by atoms with E-state index in [2.05, 4.69) is 26.1 Å². The number of phenols is 1. The number of ether oxygens (including phenoxy) is 2. The molecule has 1 aliphatic rings. The van der Waals surface area contributed by atoms with Crippen LogP contribution in [0.1, 0.15) is 20.7 Å². The highest BCUT2D eigenvalue weighted by Gasteiger charge is 2.23. The number of carbonyl (C=O) groups excluding carboxylic acids is 3. The number of carbonyl (C=O) groups is 3. The first-order valence-electron chi connectivity index (χ1n) is 9.05. The van der Waals surface area contributed by atoms with E-state index in [1.54, 1.807) is 6.07 Å². The van der Waals surface area contributed by atoms with Crippen LogP contribution in [0.25, 0.3) is 0 Å². The molecule has 4 rings (SSSR count). The van der Waals surface area contributed by atoms with E-state index in [0.717, 1.165) is 0 Å². The van der Waals surface area contributed by atoms with Crippen LogP contribution in [0.15, 0.2) is 42.6 Å². The average molecular weight is 423 g/mol. The number of phenolic OH excluding ortho intramolecular Hbond substituents is 1. The lowest BCUT2D eigenvalue weighted by Crippen LogP contribution is -2.25. The molecule has 0 radical (unpaired) electrons. The molecule has 11 nitrogen and oxygen atoms in total. The molecule has 0 saturated carbocycles. The molecule has 2 aromatic carbocycles. The number of amides is 3. The van der Waals surface area contributed by atoms with Gasteiger partial charge in [-0.25, -0.2) is 0 Å². The molecule has 0 saturated heterocycles. The maximum absolute atomic E-state index is 12.8. The zero-order valence-electron chi connectivity index (χ0n) is 16.2. The van der Waals surface area contributed by atoms with Crippen LogP contribution in [0.4, 0.5) is 17.2 Å². The van der Waals surface area contributed by atoms with Gasteiger partial charge in [-0.2, -0.15) is 5.10 Å². The number of benzene rings is 2. The Hall–Kier alpha value is -4.54. The van der Waals surface area contributed by atoms with Crippen LogP contribution in [-0.4, -0.2) is 46.7 Å². The SMILES string of the molecule is COc1ccc(C(=O)Nc2ccc3c(c2O)OCC(=O)N3)cc1C(=O)Nc1ccn[nH]1. The van der Waals surface area contributed by atoms with Gasteiger partial charge in [0.1, 0.15) is 11.6 Å². The first kappa shape index (κ1) is 19.8. The van der Waals surface area contributed by atoms with Gasteiger partial charge in [0.15, 0.2) is 18.1 Å². The van der Waals surface area contributed by atoms with E-state index in [1.165, 1.54) is 43.6 Å². The van der Waals surface area contributed by atoms with Crippen molar-refractivity contribution in [2.24, 2.45) is 0 Å². The number of fused-ring (bicyclic) bond motifs is 1. The Morgan fingerprint density at radius 2 is 2.00 bits per heavy atom. The molecule has 11 heteroatoms. The maximum atomic E-state index is 12.8. The van der Waals surface area contributed by atoms with E-state index in [9.17, 15) is 19.5 Å². The molecular formula is C20H17N5O6. The average Bonchev–Trinajstić information content (AvgIpc) is 3.28. The van der Waals surface area contributed by atoms with E-state index in [4.69, 9.17) is 9.47 Å². The third-order valence-corrected chi connectivity index (χ3v) is 4.46. The summed E-state index contributed by atoms with van der Waals surface area (Å²) in [6.07, 6.45) is 1.48. The number of methoxy groups -OCH3 is 1. The second kappa shape index (κ2) is 8.06. The van der Waals surface area contributed by atoms with E-state index in [0.29, 0.717) is 11.5 Å². The van der Waals surface area contributed by atoms with Crippen molar-refractivity contribution in [1.29, 1.82) is 0 Å². The van der Waals surface area contributed by atoms with E-state index in [1.807, 2.05) is 0 Å². The summed E-state index contributed by atoms with van der Waals surface area (Å²) in [5.41, 5.74) is 0.667. The van der Waals surface area contributed by atoms with Crippen LogP contribution < -0.4 is 25.4 Å². The molecule has 1 aliphatic heterocycles. The van der Waals surface area contributed by atoms with E-state index in [-0.39, 0.29) is 46.6 Å². The second-order valence-electron chi connectivity index (χ2n) is 6.47. The quantitative estimate of drug-likeness (QED) is 0.393. The number of aromatic hydroxyl groups is 1. The van der Waals surface area contributed by atoms with Gasteiger partial charge in [0, 0.05) is 11.6 Å². The van der Waals surface area contributed by atoms with Gasteiger partial charge in [-0.15, -0.1) is 0 Å². The van der Waals surface area contributed by atoms with Gasteiger partial charge in [-0.1, -0.05) is 0 Å². The minimum absolute atomic E-state index is 0.0618. The highest BCUT2D eigenvalue weighted by atomic mass is 16.5. The van der Waals surface area contributed by atoms with Crippen molar-refractivity contribution >= 4 is 34.9 Å². The lowest BCUT2D eigenvalue weighted by atomic mass is 10.1. The Morgan fingerprint density at radius 3 is 2.74 bits per heavy atom. The molecule has 0 fully saturated rings. The molecule has 2 heterocycles. The summed E-state index contributed by atoms with van der Waals surface area (Å²) in [6, 6.07) is 8.83. The van der Waals surface area contributed by atoms with Crippen LogP contribution in [-0.2, 0) is 4.79 Å². The minimum atomic E-state index is -0.576. The highest BCUT2D eigenvalue weighted by Crippen LogP contribution is 2.42. The standard InChI is InChI=1S/C20H17N5O6/c1-30-14-5-2-10(8-11(14)20(29)24-15-6-7-21-25-15)19(28)23-12-3-4-13-18(17(12)27)31-9-16(26)22-13/h2-8,27H,9H2,1H3,(H,22,26)(H,23,28)(H2,21,24,25,29). The number of nitrogens with one attached hydrogen (secondary N) is 4. The van der Waals surface area contributed by atoms with Gasteiger partial charge < -0.3 is 30.5 Å². The molecule has 3 aromatic rings. The molecule has 0 unspecified atom stereocenters. The Bertz CT molecular complexity index is 1180. The largest absolute Gasteiger partial charge is 0.503 e. The van der Waals surface area contributed by atoms with Crippen molar-refractivity contribution in [2.75, 3.05) is 29.7 Å². The van der Waals surface area contributed by atoms with Crippen molar-refractivity contribution in [1.82, 2.24) is 10.2 Å². The van der Waals surface area contributed by atoms with Gasteiger partial charge in [0.2, 0.25) is 0 Å². The monoisotopic (exact) mass is 423 g/mol. The Morgan fingerprint density at radius 1 is 1.16 bits per heavy atom. The number of hydrogen-bond donors (Lipinski definition) is 5. The Balaban J connectivity index is 1.58. The third kappa shape index (κ3) is 3.96. The number of aromatic nitrogens is 2. The first-order chi connectivity index (χ1) is 15.0. The second-order valence-corrected chi connectivity index (χ2v) is 6.47. The summed E-state index contributed by atoms with van der Waals surface area (Å²) in [5.74, 6) is -1.03. The third-order valence-electron chi connectivity index (χ3n) is 4.46.